The number of rotatable bonds is 3. The summed E-state index contributed by atoms with van der Waals surface area (Å²) >= 11 is 0. The van der Waals surface area contributed by atoms with E-state index in [0.717, 1.165) is 5.56 Å². The maximum absolute atomic E-state index is 13.0. The topological polar surface area (TPSA) is 57.7 Å². The van der Waals surface area contributed by atoms with E-state index >= 15 is 0 Å². The van der Waals surface area contributed by atoms with Crippen LogP contribution in [0.3, 0.4) is 0 Å². The second kappa shape index (κ2) is 6.14. The standard InChI is InChI=1S/C17H18N2O3S/c1-14(20)18-12-13-19(17(18)15-8-4-2-5-9-15)23(21,22)16-10-6-3-7-11-16/h2-11,17H,12-13H2,1H3/t17-/m0/s1. The van der Waals surface area contributed by atoms with Gasteiger partial charge in [0.05, 0.1) is 4.90 Å². The molecule has 0 spiro atoms. The summed E-state index contributed by atoms with van der Waals surface area (Å²) in [6, 6.07) is 17.6. The Morgan fingerprint density at radius 3 is 2.09 bits per heavy atom. The van der Waals surface area contributed by atoms with Crippen LogP contribution in [0.2, 0.25) is 0 Å². The van der Waals surface area contributed by atoms with Crippen LogP contribution in [-0.4, -0.2) is 36.6 Å². The summed E-state index contributed by atoms with van der Waals surface area (Å²) in [5.41, 5.74) is 0.791. The van der Waals surface area contributed by atoms with Gasteiger partial charge in [0.2, 0.25) is 15.9 Å². The summed E-state index contributed by atoms with van der Waals surface area (Å²) < 4.78 is 27.4. The molecule has 0 bridgehead atoms. The first-order chi connectivity index (χ1) is 11.0. The molecule has 1 fully saturated rings. The molecule has 0 unspecified atom stereocenters. The number of hydrogen-bond donors (Lipinski definition) is 0. The van der Waals surface area contributed by atoms with Crippen molar-refractivity contribution in [1.29, 1.82) is 0 Å². The Morgan fingerprint density at radius 2 is 1.52 bits per heavy atom. The van der Waals surface area contributed by atoms with Crippen LogP contribution < -0.4 is 0 Å². The van der Waals surface area contributed by atoms with Crippen molar-refractivity contribution in [3.63, 3.8) is 0 Å². The number of carbonyl (C=O) groups is 1. The fourth-order valence-electron chi connectivity index (χ4n) is 2.89. The van der Waals surface area contributed by atoms with Crippen LogP contribution in [0, 0.1) is 0 Å². The monoisotopic (exact) mass is 330 g/mol. The first-order valence-electron chi connectivity index (χ1n) is 7.41. The Labute approximate surface area is 136 Å². The second-order valence-electron chi connectivity index (χ2n) is 5.43. The predicted octanol–water partition coefficient (Wildman–Crippen LogP) is 2.24. The number of carbonyl (C=O) groups excluding carboxylic acids is 1. The lowest BCUT2D eigenvalue weighted by atomic mass is 10.1. The number of hydrogen-bond acceptors (Lipinski definition) is 3. The van der Waals surface area contributed by atoms with Crippen LogP contribution in [0.4, 0.5) is 0 Å². The minimum absolute atomic E-state index is 0.135. The SMILES string of the molecule is CC(=O)N1CCN(S(=O)(=O)c2ccccc2)[C@H]1c1ccccc1. The fraction of sp³-hybridized carbons (Fsp3) is 0.235. The Kier molecular flexibility index (Phi) is 4.19. The van der Waals surface area contributed by atoms with E-state index < -0.39 is 16.2 Å². The van der Waals surface area contributed by atoms with Crippen molar-refractivity contribution < 1.29 is 13.2 Å². The number of sulfonamides is 1. The van der Waals surface area contributed by atoms with Gasteiger partial charge in [-0.1, -0.05) is 48.5 Å². The molecule has 1 atom stereocenters. The molecular weight excluding hydrogens is 312 g/mol. The first kappa shape index (κ1) is 15.7. The highest BCUT2D eigenvalue weighted by atomic mass is 32.2. The van der Waals surface area contributed by atoms with E-state index in [1.165, 1.54) is 11.2 Å². The van der Waals surface area contributed by atoms with Crippen molar-refractivity contribution >= 4 is 15.9 Å². The van der Waals surface area contributed by atoms with E-state index in [9.17, 15) is 13.2 Å². The molecule has 1 aliphatic rings. The molecule has 3 rings (SSSR count). The molecule has 1 amide bonds. The lowest BCUT2D eigenvalue weighted by Gasteiger charge is -2.29. The predicted molar refractivity (Wildman–Crippen MR) is 86.9 cm³/mol. The average molecular weight is 330 g/mol. The molecule has 23 heavy (non-hydrogen) atoms. The summed E-state index contributed by atoms with van der Waals surface area (Å²) in [6.45, 7) is 2.14. The van der Waals surface area contributed by atoms with Crippen molar-refractivity contribution in [2.75, 3.05) is 13.1 Å². The third-order valence-electron chi connectivity index (χ3n) is 3.98. The van der Waals surface area contributed by atoms with Crippen molar-refractivity contribution in [2.24, 2.45) is 0 Å². The zero-order valence-electron chi connectivity index (χ0n) is 12.8. The Bertz CT molecular complexity index is 791. The van der Waals surface area contributed by atoms with Gasteiger partial charge in [-0.2, -0.15) is 4.31 Å². The van der Waals surface area contributed by atoms with E-state index in [1.807, 2.05) is 30.3 Å². The van der Waals surface area contributed by atoms with Gasteiger partial charge in [-0.3, -0.25) is 4.79 Å². The van der Waals surface area contributed by atoms with Gasteiger partial charge >= 0.3 is 0 Å². The van der Waals surface area contributed by atoms with Gasteiger partial charge in [-0.15, -0.1) is 0 Å². The highest BCUT2D eigenvalue weighted by molar-refractivity contribution is 7.89. The van der Waals surface area contributed by atoms with Crippen LogP contribution in [0.25, 0.3) is 0 Å². The molecule has 0 aromatic heterocycles. The Morgan fingerprint density at radius 1 is 0.957 bits per heavy atom. The van der Waals surface area contributed by atoms with Crippen molar-refractivity contribution in [3.05, 3.63) is 66.2 Å². The molecule has 0 N–H and O–H groups in total. The van der Waals surface area contributed by atoms with Crippen molar-refractivity contribution in [2.45, 2.75) is 18.0 Å². The zero-order valence-corrected chi connectivity index (χ0v) is 13.6. The van der Waals surface area contributed by atoms with Gasteiger partial charge in [0.25, 0.3) is 0 Å². The number of nitrogens with zero attached hydrogens (tertiary/aromatic N) is 2. The van der Waals surface area contributed by atoms with E-state index in [0.29, 0.717) is 6.54 Å². The smallest absolute Gasteiger partial charge is 0.245 e. The number of benzene rings is 2. The zero-order chi connectivity index (χ0) is 16.4. The van der Waals surface area contributed by atoms with Crippen molar-refractivity contribution in [1.82, 2.24) is 9.21 Å². The quantitative estimate of drug-likeness (QED) is 0.867. The average Bonchev–Trinajstić information content (AvgIpc) is 3.02. The van der Waals surface area contributed by atoms with Gasteiger partial charge in [-0.25, -0.2) is 8.42 Å². The first-order valence-corrected chi connectivity index (χ1v) is 8.85. The van der Waals surface area contributed by atoms with Crippen LogP contribution in [-0.2, 0) is 14.8 Å². The summed E-state index contributed by atoms with van der Waals surface area (Å²) in [7, 11) is -3.66. The van der Waals surface area contributed by atoms with Gasteiger partial charge in [0.15, 0.2) is 0 Å². The van der Waals surface area contributed by atoms with E-state index in [4.69, 9.17) is 0 Å². The van der Waals surface area contributed by atoms with Crippen LogP contribution in [0.5, 0.6) is 0 Å². The molecule has 1 heterocycles. The van der Waals surface area contributed by atoms with E-state index in [2.05, 4.69) is 0 Å². The molecule has 2 aromatic carbocycles. The largest absolute Gasteiger partial charge is 0.321 e. The normalized spacial score (nSPS) is 19.0. The maximum atomic E-state index is 13.0. The van der Waals surface area contributed by atoms with E-state index in [-0.39, 0.29) is 17.3 Å². The molecule has 2 aromatic rings. The molecule has 1 aliphatic heterocycles. The van der Waals surface area contributed by atoms with Crippen LogP contribution in [0.1, 0.15) is 18.7 Å². The van der Waals surface area contributed by atoms with Gasteiger partial charge in [0.1, 0.15) is 6.17 Å². The highest BCUT2D eigenvalue weighted by Crippen LogP contribution is 2.34. The Hall–Kier alpha value is -2.18. The lowest BCUT2D eigenvalue weighted by molar-refractivity contribution is -0.130. The van der Waals surface area contributed by atoms with Gasteiger partial charge in [-0.05, 0) is 17.7 Å². The molecule has 6 heteroatoms. The fourth-order valence-corrected chi connectivity index (χ4v) is 4.48. The molecule has 0 saturated carbocycles. The third-order valence-corrected chi connectivity index (χ3v) is 5.85. The molecular formula is C17H18N2O3S. The van der Waals surface area contributed by atoms with Gasteiger partial charge < -0.3 is 4.90 Å². The highest BCUT2D eigenvalue weighted by Gasteiger charge is 2.42. The number of amides is 1. The van der Waals surface area contributed by atoms with Crippen LogP contribution >= 0.6 is 0 Å². The van der Waals surface area contributed by atoms with Crippen LogP contribution in [0.15, 0.2) is 65.6 Å². The van der Waals surface area contributed by atoms with E-state index in [1.54, 1.807) is 35.2 Å². The molecule has 120 valence electrons. The third kappa shape index (κ3) is 2.87. The van der Waals surface area contributed by atoms with Gasteiger partial charge in [0, 0.05) is 20.0 Å². The molecule has 1 saturated heterocycles. The summed E-state index contributed by atoms with van der Waals surface area (Å²) in [5.74, 6) is -0.135. The minimum Gasteiger partial charge on any atom is -0.321 e. The van der Waals surface area contributed by atoms with Crippen molar-refractivity contribution in [3.8, 4) is 0 Å². The molecule has 0 radical (unpaired) electrons. The maximum Gasteiger partial charge on any atom is 0.245 e. The lowest BCUT2D eigenvalue weighted by Crippen LogP contribution is -2.37. The minimum atomic E-state index is -3.66. The summed E-state index contributed by atoms with van der Waals surface area (Å²) in [4.78, 5) is 13.8. The Balaban J connectivity index is 2.06. The summed E-state index contributed by atoms with van der Waals surface area (Å²) in [6.07, 6.45) is -0.598. The summed E-state index contributed by atoms with van der Waals surface area (Å²) in [5, 5.41) is 0. The molecule has 5 nitrogen and oxygen atoms in total. The second-order valence-corrected chi connectivity index (χ2v) is 7.32. The molecule has 0 aliphatic carbocycles.